The first kappa shape index (κ1) is 18.6. The minimum absolute atomic E-state index is 0.131. The number of carbonyl (C=O) groups is 2. The lowest BCUT2D eigenvalue weighted by atomic mass is 10.1. The zero-order chi connectivity index (χ0) is 18.7. The summed E-state index contributed by atoms with van der Waals surface area (Å²) < 4.78 is 20.3. The van der Waals surface area contributed by atoms with Crippen LogP contribution in [0, 0.1) is 5.82 Å². The fourth-order valence-corrected chi connectivity index (χ4v) is 4.05. The first-order chi connectivity index (χ1) is 12.5. The number of halogens is 1. The number of rotatable bonds is 6. The van der Waals surface area contributed by atoms with E-state index in [4.69, 9.17) is 4.74 Å². The number of amides is 2. The largest absolute Gasteiger partial charge is 0.444 e. The average Bonchev–Trinajstić information content (AvgIpc) is 3.21. The van der Waals surface area contributed by atoms with E-state index in [9.17, 15) is 14.0 Å². The maximum Gasteiger partial charge on any atom is 0.414 e. The molecule has 2 aromatic rings. The molecule has 2 heterocycles. The second-order valence-corrected chi connectivity index (χ2v) is 7.94. The van der Waals surface area contributed by atoms with Gasteiger partial charge in [-0.25, -0.2) is 9.18 Å². The molecule has 7 nitrogen and oxygen atoms in total. The van der Waals surface area contributed by atoms with Crippen molar-refractivity contribution in [3.05, 3.63) is 29.6 Å². The van der Waals surface area contributed by atoms with Crippen molar-refractivity contribution < 1.29 is 18.7 Å². The molecule has 0 spiro atoms. The van der Waals surface area contributed by atoms with Gasteiger partial charge in [0.05, 0.1) is 17.8 Å². The van der Waals surface area contributed by atoms with Crippen LogP contribution in [0.1, 0.15) is 30.6 Å². The van der Waals surface area contributed by atoms with Crippen LogP contribution in [0.5, 0.6) is 0 Å². The number of cyclic esters (lactones) is 1. The van der Waals surface area contributed by atoms with Gasteiger partial charge < -0.3 is 4.74 Å². The monoisotopic (exact) mass is 396 g/mol. The first-order valence-electron chi connectivity index (χ1n) is 8.07. The Morgan fingerprint density at radius 1 is 1.46 bits per heavy atom. The molecule has 1 aromatic heterocycles. The Morgan fingerprint density at radius 3 is 2.92 bits per heavy atom. The summed E-state index contributed by atoms with van der Waals surface area (Å²) in [6, 6.07) is 4.03. The average molecular weight is 396 g/mol. The van der Waals surface area contributed by atoms with E-state index in [-0.39, 0.29) is 11.7 Å². The van der Waals surface area contributed by atoms with E-state index in [0.29, 0.717) is 23.8 Å². The van der Waals surface area contributed by atoms with Crippen LogP contribution in [-0.2, 0) is 4.74 Å². The molecule has 3 rings (SSSR count). The second kappa shape index (κ2) is 8.00. The Labute approximate surface area is 157 Å². The van der Waals surface area contributed by atoms with E-state index in [0.717, 1.165) is 16.2 Å². The number of ether oxygens (including phenoxy) is 1. The molecule has 1 saturated heterocycles. The van der Waals surface area contributed by atoms with E-state index < -0.39 is 17.8 Å². The molecule has 0 aliphatic carbocycles. The summed E-state index contributed by atoms with van der Waals surface area (Å²) in [5, 5.41) is 10.6. The number of aromatic nitrogens is 2. The molecular weight excluding hydrogens is 379 g/mol. The predicted molar refractivity (Wildman–Crippen MR) is 98.6 cm³/mol. The quantitative estimate of drug-likeness (QED) is 0.591. The Balaban J connectivity index is 1.72. The fourth-order valence-electron chi connectivity index (χ4n) is 2.41. The number of thioether (sulfide) groups is 1. The summed E-state index contributed by atoms with van der Waals surface area (Å²) in [7, 11) is 0. The van der Waals surface area contributed by atoms with Gasteiger partial charge in [0.25, 0.3) is 5.91 Å². The Hall–Kier alpha value is -2.20. The highest BCUT2D eigenvalue weighted by Gasteiger charge is 2.31. The number of hydrogen-bond acceptors (Lipinski definition) is 7. The summed E-state index contributed by atoms with van der Waals surface area (Å²) in [5.74, 6) is -0.495. The highest BCUT2D eigenvalue weighted by atomic mass is 32.2. The van der Waals surface area contributed by atoms with Crippen LogP contribution < -0.4 is 10.2 Å². The molecule has 0 saturated carbocycles. The number of anilines is 2. The van der Waals surface area contributed by atoms with Crippen molar-refractivity contribution in [2.24, 2.45) is 0 Å². The maximum absolute atomic E-state index is 14.4. The molecule has 1 aliphatic rings. The van der Waals surface area contributed by atoms with Crippen molar-refractivity contribution in [2.45, 2.75) is 30.7 Å². The highest BCUT2D eigenvalue weighted by Crippen LogP contribution is 2.27. The van der Waals surface area contributed by atoms with Gasteiger partial charge in [-0.3, -0.25) is 15.0 Å². The maximum atomic E-state index is 14.4. The zero-order valence-corrected chi connectivity index (χ0v) is 15.8. The molecule has 0 radical (unpaired) electrons. The van der Waals surface area contributed by atoms with Crippen molar-refractivity contribution >= 4 is 45.9 Å². The number of hydrogen-bond donors (Lipinski definition) is 1. The van der Waals surface area contributed by atoms with Crippen molar-refractivity contribution in [3.8, 4) is 0 Å². The van der Waals surface area contributed by atoms with Crippen molar-refractivity contribution in [2.75, 3.05) is 22.5 Å². The summed E-state index contributed by atoms with van der Waals surface area (Å²) in [4.78, 5) is 25.5. The first-order valence-corrected chi connectivity index (χ1v) is 9.87. The standard InChI is InChI=1S/C16H17FN4O3S2/c1-3-10-8-21(16(23)24-10)9-5-6-11(12(17)7-9)13(22)18-14-19-20-15(26-14)25-4-2/h5-7,10H,3-4,8H2,1-2H3,(H,18,19,22)/t10-/m0/s1. The van der Waals surface area contributed by atoms with Gasteiger partial charge >= 0.3 is 6.09 Å². The van der Waals surface area contributed by atoms with Gasteiger partial charge in [0.2, 0.25) is 5.13 Å². The molecule has 1 N–H and O–H groups in total. The molecule has 1 atom stereocenters. The normalized spacial score (nSPS) is 16.7. The topological polar surface area (TPSA) is 84.4 Å². The van der Waals surface area contributed by atoms with E-state index in [1.807, 2.05) is 13.8 Å². The highest BCUT2D eigenvalue weighted by molar-refractivity contribution is 8.01. The lowest BCUT2D eigenvalue weighted by Crippen LogP contribution is -2.25. The van der Waals surface area contributed by atoms with Crippen molar-refractivity contribution in [3.63, 3.8) is 0 Å². The van der Waals surface area contributed by atoms with Gasteiger partial charge in [-0.05, 0) is 30.4 Å². The van der Waals surface area contributed by atoms with Crippen molar-refractivity contribution in [1.82, 2.24) is 10.2 Å². The molecule has 1 fully saturated rings. The van der Waals surface area contributed by atoms with Crippen LogP contribution in [0.2, 0.25) is 0 Å². The summed E-state index contributed by atoms with van der Waals surface area (Å²) in [5.41, 5.74) is 0.228. The Morgan fingerprint density at radius 2 is 2.27 bits per heavy atom. The zero-order valence-electron chi connectivity index (χ0n) is 14.2. The molecule has 1 aromatic carbocycles. The van der Waals surface area contributed by atoms with Gasteiger partial charge in [0, 0.05) is 0 Å². The fraction of sp³-hybridized carbons (Fsp3) is 0.375. The smallest absolute Gasteiger partial charge is 0.414 e. The second-order valence-electron chi connectivity index (χ2n) is 5.45. The minimum Gasteiger partial charge on any atom is -0.444 e. The lowest BCUT2D eigenvalue weighted by molar-refractivity contribution is 0.102. The summed E-state index contributed by atoms with van der Waals surface area (Å²) in [6.07, 6.45) is -0.0323. The molecule has 2 amide bonds. The molecule has 0 unspecified atom stereocenters. The van der Waals surface area contributed by atoms with Gasteiger partial charge in [-0.2, -0.15) is 0 Å². The molecule has 0 bridgehead atoms. The third kappa shape index (κ3) is 3.96. The molecule has 138 valence electrons. The SMILES string of the molecule is CCSc1nnc(NC(=O)c2ccc(N3C[C@H](CC)OC3=O)cc2F)s1. The van der Waals surface area contributed by atoms with E-state index in [2.05, 4.69) is 15.5 Å². The van der Waals surface area contributed by atoms with Crippen LogP contribution in [0.15, 0.2) is 22.5 Å². The number of benzene rings is 1. The molecule has 26 heavy (non-hydrogen) atoms. The summed E-state index contributed by atoms with van der Waals surface area (Å²) in [6.45, 7) is 4.26. The van der Waals surface area contributed by atoms with E-state index >= 15 is 0 Å². The number of carbonyl (C=O) groups excluding carboxylic acids is 2. The van der Waals surface area contributed by atoms with Gasteiger partial charge in [0.15, 0.2) is 4.34 Å². The Kier molecular flexibility index (Phi) is 5.72. The molecule has 1 aliphatic heterocycles. The number of nitrogens with zero attached hydrogens (tertiary/aromatic N) is 3. The van der Waals surface area contributed by atoms with Crippen LogP contribution in [0.4, 0.5) is 20.0 Å². The molecular formula is C16H17FN4O3S2. The third-order valence-corrected chi connectivity index (χ3v) is 5.59. The minimum atomic E-state index is -0.722. The number of nitrogens with one attached hydrogen (secondary N) is 1. The Bertz CT molecular complexity index is 830. The van der Waals surface area contributed by atoms with Crippen LogP contribution in [-0.4, -0.2) is 40.6 Å². The lowest BCUT2D eigenvalue weighted by Gasteiger charge is -2.14. The van der Waals surface area contributed by atoms with Gasteiger partial charge in [0.1, 0.15) is 11.9 Å². The predicted octanol–water partition coefficient (Wildman–Crippen LogP) is 3.78. The van der Waals surface area contributed by atoms with E-state index in [1.165, 1.54) is 40.1 Å². The van der Waals surface area contributed by atoms with Gasteiger partial charge in [-0.15, -0.1) is 10.2 Å². The van der Waals surface area contributed by atoms with E-state index in [1.54, 1.807) is 0 Å². The third-order valence-electron chi connectivity index (χ3n) is 3.73. The van der Waals surface area contributed by atoms with Crippen molar-refractivity contribution in [1.29, 1.82) is 0 Å². The summed E-state index contributed by atoms with van der Waals surface area (Å²) >= 11 is 2.74. The molecule has 10 heteroatoms. The van der Waals surface area contributed by atoms with Gasteiger partial charge in [-0.1, -0.05) is 36.9 Å². The van der Waals surface area contributed by atoms with Crippen LogP contribution in [0.3, 0.4) is 0 Å². The van der Waals surface area contributed by atoms with Crippen LogP contribution >= 0.6 is 23.1 Å². The van der Waals surface area contributed by atoms with Crippen LogP contribution in [0.25, 0.3) is 0 Å².